The summed E-state index contributed by atoms with van der Waals surface area (Å²) in [6.07, 6.45) is 3.50. The Hall–Kier alpha value is -2.95. The minimum atomic E-state index is 0.0702. The molecule has 0 aliphatic carbocycles. The van der Waals surface area contributed by atoms with Gasteiger partial charge in [-0.05, 0) is 17.2 Å². The third-order valence-corrected chi connectivity index (χ3v) is 4.21. The Morgan fingerprint density at radius 3 is 2.48 bits per heavy atom. The number of rotatable bonds is 3. The van der Waals surface area contributed by atoms with E-state index in [0.29, 0.717) is 13.1 Å². The lowest BCUT2D eigenvalue weighted by Gasteiger charge is -2.39. The van der Waals surface area contributed by atoms with E-state index in [0.717, 1.165) is 16.7 Å². The normalized spacial score (nSPS) is 14.5. The van der Waals surface area contributed by atoms with Crippen LogP contribution in [0.25, 0.3) is 11.1 Å². The predicted molar refractivity (Wildman–Crippen MR) is 86.8 cm³/mol. The van der Waals surface area contributed by atoms with Crippen LogP contribution in [0.15, 0.2) is 67.0 Å². The molecule has 1 fully saturated rings. The fourth-order valence-corrected chi connectivity index (χ4v) is 2.91. The van der Waals surface area contributed by atoms with Gasteiger partial charge in [0.1, 0.15) is 0 Å². The Labute approximate surface area is 134 Å². The summed E-state index contributed by atoms with van der Waals surface area (Å²) >= 11 is 0. The molecule has 23 heavy (non-hydrogen) atoms. The fourth-order valence-electron chi connectivity index (χ4n) is 2.91. The molecule has 1 aromatic heterocycles. The average Bonchev–Trinajstić information content (AvgIpc) is 3.08. The molecule has 2 aromatic carbocycles. The van der Waals surface area contributed by atoms with E-state index in [4.69, 9.17) is 0 Å². The van der Waals surface area contributed by atoms with Crippen molar-refractivity contribution in [3.63, 3.8) is 0 Å². The zero-order valence-corrected chi connectivity index (χ0v) is 12.5. The summed E-state index contributed by atoms with van der Waals surface area (Å²) < 4.78 is 1.81. The molecule has 2 heterocycles. The minimum Gasteiger partial charge on any atom is -0.334 e. The lowest BCUT2D eigenvalue weighted by molar-refractivity contribution is 0.0499. The summed E-state index contributed by atoms with van der Waals surface area (Å²) in [5.41, 5.74) is 2.78. The maximum absolute atomic E-state index is 12.8. The first kappa shape index (κ1) is 13.7. The van der Waals surface area contributed by atoms with Crippen molar-refractivity contribution < 1.29 is 4.79 Å². The summed E-state index contributed by atoms with van der Waals surface area (Å²) in [6.45, 7) is 1.34. The summed E-state index contributed by atoms with van der Waals surface area (Å²) in [6, 6.07) is 18.0. The Morgan fingerprint density at radius 1 is 1.00 bits per heavy atom. The SMILES string of the molecule is O=C(c1ccccc1-c1ccccc1)N1CC(n2ccnn2)C1. The molecule has 5 heteroatoms. The molecule has 0 radical (unpaired) electrons. The highest BCUT2D eigenvalue weighted by Gasteiger charge is 2.33. The molecule has 0 N–H and O–H groups in total. The molecule has 5 nitrogen and oxygen atoms in total. The van der Waals surface area contributed by atoms with Crippen LogP contribution in [0.4, 0.5) is 0 Å². The molecule has 1 aliphatic rings. The molecule has 114 valence electrons. The van der Waals surface area contributed by atoms with Crippen LogP contribution in [0.2, 0.25) is 0 Å². The Morgan fingerprint density at radius 2 is 1.74 bits per heavy atom. The van der Waals surface area contributed by atoms with Gasteiger partial charge in [0.15, 0.2) is 0 Å². The number of carbonyl (C=O) groups excluding carboxylic acids is 1. The highest BCUT2D eigenvalue weighted by Crippen LogP contribution is 2.28. The number of amides is 1. The van der Waals surface area contributed by atoms with Gasteiger partial charge < -0.3 is 4.90 Å². The molecule has 0 unspecified atom stereocenters. The Balaban J connectivity index is 1.56. The number of hydrogen-bond acceptors (Lipinski definition) is 3. The van der Waals surface area contributed by atoms with Gasteiger partial charge in [-0.1, -0.05) is 53.7 Å². The van der Waals surface area contributed by atoms with Gasteiger partial charge in [0.05, 0.1) is 12.2 Å². The Kier molecular flexibility index (Phi) is 3.38. The van der Waals surface area contributed by atoms with Gasteiger partial charge in [-0.25, -0.2) is 4.68 Å². The van der Waals surface area contributed by atoms with Crippen LogP contribution in [0.5, 0.6) is 0 Å². The van der Waals surface area contributed by atoms with E-state index in [9.17, 15) is 4.79 Å². The van der Waals surface area contributed by atoms with E-state index in [1.165, 1.54) is 0 Å². The van der Waals surface area contributed by atoms with Gasteiger partial charge in [-0.15, -0.1) is 5.10 Å². The Bertz CT molecular complexity index is 808. The van der Waals surface area contributed by atoms with Crippen LogP contribution in [0.1, 0.15) is 16.4 Å². The maximum Gasteiger partial charge on any atom is 0.254 e. The molecular formula is C18H16N4O. The number of carbonyl (C=O) groups is 1. The van der Waals surface area contributed by atoms with Crippen LogP contribution in [-0.4, -0.2) is 38.9 Å². The van der Waals surface area contributed by atoms with E-state index in [1.807, 2.05) is 70.4 Å². The zero-order chi connectivity index (χ0) is 15.6. The number of nitrogens with zero attached hydrogens (tertiary/aromatic N) is 4. The molecule has 1 aliphatic heterocycles. The van der Waals surface area contributed by atoms with Crippen LogP contribution in [-0.2, 0) is 0 Å². The van der Waals surface area contributed by atoms with Crippen molar-refractivity contribution in [3.8, 4) is 11.1 Å². The van der Waals surface area contributed by atoms with E-state index in [-0.39, 0.29) is 11.9 Å². The summed E-state index contributed by atoms with van der Waals surface area (Å²) in [5.74, 6) is 0.0702. The summed E-state index contributed by atoms with van der Waals surface area (Å²) in [5, 5.41) is 7.82. The van der Waals surface area contributed by atoms with Crippen LogP contribution >= 0.6 is 0 Å². The van der Waals surface area contributed by atoms with Gasteiger partial charge in [-0.2, -0.15) is 0 Å². The van der Waals surface area contributed by atoms with Crippen LogP contribution < -0.4 is 0 Å². The quantitative estimate of drug-likeness (QED) is 0.747. The van der Waals surface area contributed by atoms with Crippen molar-refractivity contribution in [2.75, 3.05) is 13.1 Å². The summed E-state index contributed by atoms with van der Waals surface area (Å²) in [7, 11) is 0. The number of benzene rings is 2. The second-order valence-corrected chi connectivity index (χ2v) is 5.66. The van der Waals surface area contributed by atoms with Crippen molar-refractivity contribution in [1.29, 1.82) is 0 Å². The molecule has 1 amide bonds. The van der Waals surface area contributed by atoms with Gasteiger partial charge in [-0.3, -0.25) is 4.79 Å². The highest BCUT2D eigenvalue weighted by atomic mass is 16.2. The van der Waals surface area contributed by atoms with Crippen LogP contribution in [0, 0.1) is 0 Å². The third kappa shape index (κ3) is 2.50. The summed E-state index contributed by atoms with van der Waals surface area (Å²) in [4.78, 5) is 14.7. The third-order valence-electron chi connectivity index (χ3n) is 4.21. The van der Waals surface area contributed by atoms with E-state index in [2.05, 4.69) is 10.3 Å². The van der Waals surface area contributed by atoms with Gasteiger partial charge in [0.25, 0.3) is 5.91 Å². The molecule has 0 saturated carbocycles. The largest absolute Gasteiger partial charge is 0.334 e. The first-order valence-electron chi connectivity index (χ1n) is 7.62. The smallest absolute Gasteiger partial charge is 0.254 e. The number of aromatic nitrogens is 3. The first-order valence-corrected chi connectivity index (χ1v) is 7.62. The minimum absolute atomic E-state index is 0.0702. The topological polar surface area (TPSA) is 51.0 Å². The van der Waals surface area contributed by atoms with Crippen molar-refractivity contribution in [2.24, 2.45) is 0 Å². The van der Waals surface area contributed by atoms with Gasteiger partial charge >= 0.3 is 0 Å². The lowest BCUT2D eigenvalue weighted by Crippen LogP contribution is -2.51. The van der Waals surface area contributed by atoms with Crippen molar-refractivity contribution in [1.82, 2.24) is 19.9 Å². The predicted octanol–water partition coefficient (Wildman–Crippen LogP) is 2.64. The standard InChI is InChI=1S/C18H16N4O/c23-18(21-12-15(13-21)22-11-10-19-20-22)17-9-5-4-8-16(17)14-6-2-1-3-7-14/h1-11,15H,12-13H2. The first-order chi connectivity index (χ1) is 11.3. The number of likely N-dealkylation sites (tertiary alicyclic amines) is 1. The second-order valence-electron chi connectivity index (χ2n) is 5.66. The molecular weight excluding hydrogens is 288 g/mol. The van der Waals surface area contributed by atoms with E-state index in [1.54, 1.807) is 6.20 Å². The second kappa shape index (κ2) is 5.68. The van der Waals surface area contributed by atoms with Crippen molar-refractivity contribution in [2.45, 2.75) is 6.04 Å². The monoisotopic (exact) mass is 304 g/mol. The molecule has 4 rings (SSSR count). The van der Waals surface area contributed by atoms with Gasteiger partial charge in [0, 0.05) is 24.8 Å². The molecule has 0 atom stereocenters. The van der Waals surface area contributed by atoms with Crippen molar-refractivity contribution >= 4 is 5.91 Å². The van der Waals surface area contributed by atoms with Crippen LogP contribution in [0.3, 0.4) is 0 Å². The van der Waals surface area contributed by atoms with Crippen molar-refractivity contribution in [3.05, 3.63) is 72.6 Å². The van der Waals surface area contributed by atoms with E-state index < -0.39 is 0 Å². The number of hydrogen-bond donors (Lipinski definition) is 0. The highest BCUT2D eigenvalue weighted by molar-refractivity contribution is 6.01. The fraction of sp³-hybridized carbons (Fsp3) is 0.167. The molecule has 1 saturated heterocycles. The zero-order valence-electron chi connectivity index (χ0n) is 12.5. The maximum atomic E-state index is 12.8. The molecule has 3 aromatic rings. The van der Waals surface area contributed by atoms with E-state index >= 15 is 0 Å². The average molecular weight is 304 g/mol. The molecule has 0 bridgehead atoms. The van der Waals surface area contributed by atoms with Gasteiger partial charge in [0.2, 0.25) is 0 Å². The molecule has 0 spiro atoms. The lowest BCUT2D eigenvalue weighted by atomic mass is 9.97.